The van der Waals surface area contributed by atoms with E-state index in [4.69, 9.17) is 5.73 Å². The lowest BCUT2D eigenvalue weighted by Crippen LogP contribution is -2.13. The van der Waals surface area contributed by atoms with Gasteiger partial charge in [-0.3, -0.25) is 4.79 Å². The van der Waals surface area contributed by atoms with Crippen LogP contribution in [0.5, 0.6) is 0 Å². The average molecular weight is 250 g/mol. The zero-order chi connectivity index (χ0) is 12.7. The van der Waals surface area contributed by atoms with Gasteiger partial charge in [-0.1, -0.05) is 12.1 Å². The van der Waals surface area contributed by atoms with E-state index in [0.29, 0.717) is 12.1 Å². The van der Waals surface area contributed by atoms with Gasteiger partial charge >= 0.3 is 0 Å². The molecule has 0 aliphatic rings. The van der Waals surface area contributed by atoms with Crippen LogP contribution in [0.4, 0.5) is 11.4 Å². The monoisotopic (exact) mass is 250 g/mol. The van der Waals surface area contributed by atoms with E-state index in [0.717, 1.165) is 22.8 Å². The molecule has 0 radical (unpaired) electrons. The number of thioether (sulfide) groups is 1. The van der Waals surface area contributed by atoms with Crippen LogP contribution in [0.25, 0.3) is 0 Å². The Morgan fingerprint density at radius 1 is 1.59 bits per heavy atom. The molecule has 0 unspecified atom stereocenters. The van der Waals surface area contributed by atoms with E-state index < -0.39 is 0 Å². The van der Waals surface area contributed by atoms with Crippen LogP contribution in [0.15, 0.2) is 30.9 Å². The summed E-state index contributed by atoms with van der Waals surface area (Å²) < 4.78 is 0. The zero-order valence-corrected chi connectivity index (χ0v) is 10.8. The first kappa shape index (κ1) is 13.6. The molecule has 17 heavy (non-hydrogen) atoms. The fourth-order valence-corrected chi connectivity index (χ4v) is 2.00. The standard InChI is InChI=1S/C13H18N2OS/c1-3-8-17-9-7-13(16)15-12-6-4-5-11(14)10(12)2/h3-6H,1,7-9,14H2,2H3,(H,15,16). The summed E-state index contributed by atoms with van der Waals surface area (Å²) in [6.45, 7) is 5.53. The summed E-state index contributed by atoms with van der Waals surface area (Å²) in [6, 6.07) is 5.52. The minimum Gasteiger partial charge on any atom is -0.398 e. The van der Waals surface area contributed by atoms with Gasteiger partial charge in [-0.25, -0.2) is 0 Å². The maximum absolute atomic E-state index is 11.6. The van der Waals surface area contributed by atoms with Gasteiger partial charge in [-0.15, -0.1) is 6.58 Å². The van der Waals surface area contributed by atoms with Crippen molar-refractivity contribution in [1.29, 1.82) is 0 Å². The Labute approximate surface area is 106 Å². The first-order valence-corrected chi connectivity index (χ1v) is 6.64. The van der Waals surface area contributed by atoms with Crippen molar-refractivity contribution < 1.29 is 4.79 Å². The van der Waals surface area contributed by atoms with Crippen LogP contribution in [-0.2, 0) is 4.79 Å². The molecule has 1 aromatic rings. The number of rotatable bonds is 6. The molecule has 0 fully saturated rings. The first-order chi connectivity index (χ1) is 8.15. The molecule has 4 heteroatoms. The molecule has 0 bridgehead atoms. The SMILES string of the molecule is C=CCSCCC(=O)Nc1cccc(N)c1C. The van der Waals surface area contributed by atoms with Crippen molar-refractivity contribution in [2.24, 2.45) is 0 Å². The van der Waals surface area contributed by atoms with Gasteiger partial charge < -0.3 is 11.1 Å². The van der Waals surface area contributed by atoms with Crippen molar-refractivity contribution in [3.63, 3.8) is 0 Å². The number of hydrogen-bond donors (Lipinski definition) is 2. The summed E-state index contributed by atoms with van der Waals surface area (Å²) in [5.41, 5.74) is 8.18. The minimum absolute atomic E-state index is 0.0234. The van der Waals surface area contributed by atoms with Gasteiger partial charge in [-0.05, 0) is 24.6 Å². The molecule has 0 saturated carbocycles. The van der Waals surface area contributed by atoms with Crippen molar-refractivity contribution in [3.05, 3.63) is 36.4 Å². The highest BCUT2D eigenvalue weighted by atomic mass is 32.2. The Balaban J connectivity index is 2.45. The molecule has 1 amide bonds. The summed E-state index contributed by atoms with van der Waals surface area (Å²) in [6.07, 6.45) is 2.34. The number of anilines is 2. The van der Waals surface area contributed by atoms with Gasteiger partial charge in [0.2, 0.25) is 5.91 Å². The van der Waals surface area contributed by atoms with E-state index in [9.17, 15) is 4.79 Å². The predicted molar refractivity (Wildman–Crippen MR) is 76.4 cm³/mol. The van der Waals surface area contributed by atoms with Crippen LogP contribution in [0.1, 0.15) is 12.0 Å². The lowest BCUT2D eigenvalue weighted by Gasteiger charge is -2.09. The summed E-state index contributed by atoms with van der Waals surface area (Å²) >= 11 is 1.70. The van der Waals surface area contributed by atoms with E-state index in [2.05, 4.69) is 11.9 Å². The van der Waals surface area contributed by atoms with Gasteiger partial charge in [0.05, 0.1) is 0 Å². The Bertz CT molecular complexity index is 404. The van der Waals surface area contributed by atoms with Gasteiger partial charge in [0.25, 0.3) is 0 Å². The molecule has 3 N–H and O–H groups in total. The highest BCUT2D eigenvalue weighted by molar-refractivity contribution is 7.99. The molecule has 0 saturated heterocycles. The fraction of sp³-hybridized carbons (Fsp3) is 0.308. The van der Waals surface area contributed by atoms with E-state index >= 15 is 0 Å². The maximum Gasteiger partial charge on any atom is 0.225 e. The molecule has 0 aliphatic heterocycles. The number of carbonyl (C=O) groups is 1. The summed E-state index contributed by atoms with van der Waals surface area (Å²) in [5.74, 6) is 1.71. The number of nitrogens with one attached hydrogen (secondary N) is 1. The lowest BCUT2D eigenvalue weighted by atomic mass is 10.1. The number of benzene rings is 1. The second-order valence-corrected chi connectivity index (χ2v) is 4.83. The molecule has 0 spiro atoms. The molecular formula is C13H18N2OS. The number of carbonyl (C=O) groups excluding carboxylic acids is 1. The highest BCUT2D eigenvalue weighted by Gasteiger charge is 2.05. The van der Waals surface area contributed by atoms with Crippen molar-refractivity contribution in [1.82, 2.24) is 0 Å². The quantitative estimate of drug-likeness (QED) is 0.464. The van der Waals surface area contributed by atoms with Gasteiger partial charge in [0, 0.05) is 29.3 Å². The van der Waals surface area contributed by atoms with E-state index in [-0.39, 0.29) is 5.91 Å². The Hall–Kier alpha value is -1.42. The smallest absolute Gasteiger partial charge is 0.225 e. The Kier molecular flexibility index (Phi) is 5.63. The number of nitrogens with two attached hydrogens (primary N) is 1. The lowest BCUT2D eigenvalue weighted by molar-refractivity contribution is -0.115. The van der Waals surface area contributed by atoms with Crippen LogP contribution < -0.4 is 11.1 Å². The van der Waals surface area contributed by atoms with Crippen LogP contribution in [0.3, 0.4) is 0 Å². The molecule has 0 aromatic heterocycles. The second kappa shape index (κ2) is 7.01. The number of nitrogen functional groups attached to an aromatic ring is 1. The normalized spacial score (nSPS) is 9.94. The second-order valence-electron chi connectivity index (χ2n) is 3.68. The van der Waals surface area contributed by atoms with Crippen molar-refractivity contribution in [3.8, 4) is 0 Å². The Morgan fingerprint density at radius 3 is 3.06 bits per heavy atom. The summed E-state index contributed by atoms with van der Waals surface area (Å²) in [7, 11) is 0. The molecule has 0 atom stereocenters. The van der Waals surface area contributed by atoms with Gasteiger partial charge in [-0.2, -0.15) is 11.8 Å². The molecule has 3 nitrogen and oxygen atoms in total. The van der Waals surface area contributed by atoms with E-state index in [1.54, 1.807) is 11.8 Å². The van der Waals surface area contributed by atoms with Crippen molar-refractivity contribution in [2.75, 3.05) is 22.6 Å². The van der Waals surface area contributed by atoms with E-state index in [1.807, 2.05) is 31.2 Å². The topological polar surface area (TPSA) is 55.1 Å². The molecule has 1 aromatic carbocycles. The third-order valence-electron chi connectivity index (χ3n) is 2.36. The zero-order valence-electron chi connectivity index (χ0n) is 10.0. The molecule has 92 valence electrons. The van der Waals surface area contributed by atoms with Crippen LogP contribution in [-0.4, -0.2) is 17.4 Å². The Morgan fingerprint density at radius 2 is 2.35 bits per heavy atom. The van der Waals surface area contributed by atoms with Crippen molar-refractivity contribution >= 4 is 29.0 Å². The number of amides is 1. The fourth-order valence-electron chi connectivity index (χ4n) is 1.33. The van der Waals surface area contributed by atoms with E-state index in [1.165, 1.54) is 0 Å². The third kappa shape index (κ3) is 4.53. The first-order valence-electron chi connectivity index (χ1n) is 5.48. The molecule has 1 rings (SSSR count). The summed E-state index contributed by atoms with van der Waals surface area (Å²) in [4.78, 5) is 11.6. The van der Waals surface area contributed by atoms with Crippen molar-refractivity contribution in [2.45, 2.75) is 13.3 Å². The minimum atomic E-state index is 0.0234. The average Bonchev–Trinajstić information content (AvgIpc) is 2.31. The van der Waals surface area contributed by atoms with Gasteiger partial charge in [0.1, 0.15) is 0 Å². The van der Waals surface area contributed by atoms with Crippen LogP contribution in [0, 0.1) is 6.92 Å². The molecular weight excluding hydrogens is 232 g/mol. The summed E-state index contributed by atoms with van der Waals surface area (Å²) in [5, 5.41) is 2.87. The third-order valence-corrected chi connectivity index (χ3v) is 3.32. The maximum atomic E-state index is 11.6. The largest absolute Gasteiger partial charge is 0.398 e. The van der Waals surface area contributed by atoms with Crippen LogP contribution >= 0.6 is 11.8 Å². The predicted octanol–water partition coefficient (Wildman–Crippen LogP) is 2.83. The molecule has 0 aliphatic carbocycles. The number of hydrogen-bond acceptors (Lipinski definition) is 3. The molecule has 0 heterocycles. The highest BCUT2D eigenvalue weighted by Crippen LogP contribution is 2.20. The van der Waals surface area contributed by atoms with Crippen LogP contribution in [0.2, 0.25) is 0 Å². The van der Waals surface area contributed by atoms with Gasteiger partial charge in [0.15, 0.2) is 0 Å².